The monoisotopic (exact) mass is 226 g/mol. The molecule has 0 bridgehead atoms. The molecule has 5 nitrogen and oxygen atoms in total. The van der Waals surface area contributed by atoms with E-state index in [1.807, 2.05) is 5.48 Å². The largest absolute Gasteiger partial charge is 0.323 e. The molecule has 0 spiro atoms. The molecule has 0 aromatic heterocycles. The Morgan fingerprint density at radius 1 is 1.53 bits per heavy atom. The number of rotatable bonds is 2. The molecular formula is C9H11ClN4O. The average Bonchev–Trinajstić information content (AvgIpc) is 2.25. The molecule has 0 heterocycles. The van der Waals surface area contributed by atoms with Crippen LogP contribution in [0.1, 0.15) is 6.92 Å². The van der Waals surface area contributed by atoms with Crippen LogP contribution in [0.3, 0.4) is 0 Å². The van der Waals surface area contributed by atoms with Crippen LogP contribution in [0.25, 0.3) is 0 Å². The molecule has 15 heavy (non-hydrogen) atoms. The molecule has 0 aliphatic heterocycles. The minimum absolute atomic E-state index is 0.180. The van der Waals surface area contributed by atoms with E-state index < -0.39 is 0 Å². The van der Waals surface area contributed by atoms with Crippen molar-refractivity contribution >= 4 is 28.8 Å². The van der Waals surface area contributed by atoms with Gasteiger partial charge in [0.2, 0.25) is 0 Å². The minimum Gasteiger partial charge on any atom is -0.323 e. The van der Waals surface area contributed by atoms with E-state index >= 15 is 0 Å². The van der Waals surface area contributed by atoms with Gasteiger partial charge >= 0.3 is 0 Å². The maximum Gasteiger partial charge on any atom is 0.173 e. The highest BCUT2D eigenvalue weighted by atomic mass is 35.5. The van der Waals surface area contributed by atoms with Crippen LogP contribution in [0.2, 0.25) is 5.02 Å². The minimum atomic E-state index is 0.180. The smallest absolute Gasteiger partial charge is 0.173 e. The fourth-order valence-corrected chi connectivity index (χ4v) is 1.11. The lowest BCUT2D eigenvalue weighted by Crippen LogP contribution is -2.27. The summed E-state index contributed by atoms with van der Waals surface area (Å²) in [5, 5.41) is 12.8. The number of amidine groups is 1. The third-order valence-corrected chi connectivity index (χ3v) is 1.93. The number of hydrogen-bond donors (Lipinski definition) is 3. The van der Waals surface area contributed by atoms with Crippen LogP contribution in [0, 0.1) is 0 Å². The highest BCUT2D eigenvalue weighted by Crippen LogP contribution is 2.17. The second-order valence-electron chi connectivity index (χ2n) is 2.77. The molecule has 0 saturated carbocycles. The number of hydroxylamine groups is 1. The predicted octanol–water partition coefficient (Wildman–Crippen LogP) is 1.68. The molecule has 0 saturated heterocycles. The first-order valence-corrected chi connectivity index (χ1v) is 4.54. The molecule has 6 heteroatoms. The van der Waals surface area contributed by atoms with Gasteiger partial charge in [0, 0.05) is 5.02 Å². The van der Waals surface area contributed by atoms with Crippen molar-refractivity contribution in [3.05, 3.63) is 29.3 Å². The summed E-state index contributed by atoms with van der Waals surface area (Å²) < 4.78 is 0. The second kappa shape index (κ2) is 5.33. The highest BCUT2D eigenvalue weighted by Gasteiger charge is 2.02. The van der Waals surface area contributed by atoms with Crippen molar-refractivity contribution in [2.45, 2.75) is 6.92 Å². The van der Waals surface area contributed by atoms with Crippen LogP contribution >= 0.6 is 11.6 Å². The van der Waals surface area contributed by atoms with Crippen molar-refractivity contribution in [3.63, 3.8) is 0 Å². The maximum atomic E-state index is 8.81. The van der Waals surface area contributed by atoms with E-state index in [-0.39, 0.29) is 5.84 Å². The predicted molar refractivity (Wildman–Crippen MR) is 60.8 cm³/mol. The van der Waals surface area contributed by atoms with E-state index in [2.05, 4.69) is 10.1 Å². The molecule has 1 aromatic carbocycles. The van der Waals surface area contributed by atoms with Crippen molar-refractivity contribution in [1.82, 2.24) is 5.48 Å². The van der Waals surface area contributed by atoms with E-state index in [0.29, 0.717) is 16.4 Å². The Balaban J connectivity index is 3.03. The molecule has 0 amide bonds. The Morgan fingerprint density at radius 2 is 2.27 bits per heavy atom. The summed E-state index contributed by atoms with van der Waals surface area (Å²) in [4.78, 5) is 4.07. The number of aliphatic imine (C=N–C) groups is 1. The molecular weight excluding hydrogens is 216 g/mol. The number of nitrogens with one attached hydrogen (secondary N) is 1. The summed E-state index contributed by atoms with van der Waals surface area (Å²) in [6.45, 7) is 1.62. The van der Waals surface area contributed by atoms with E-state index in [1.54, 1.807) is 31.2 Å². The summed E-state index contributed by atoms with van der Waals surface area (Å²) in [7, 11) is 0. The molecule has 0 unspecified atom stereocenters. The molecule has 0 fully saturated rings. The zero-order valence-electron chi connectivity index (χ0n) is 8.11. The number of nitrogens with zero attached hydrogens (tertiary/aromatic N) is 2. The summed E-state index contributed by atoms with van der Waals surface area (Å²) in [6, 6.07) is 6.89. The number of hydrazone groups is 1. The maximum absolute atomic E-state index is 8.81. The van der Waals surface area contributed by atoms with E-state index in [4.69, 9.17) is 22.7 Å². The lowest BCUT2D eigenvalue weighted by Gasteiger charge is -2.02. The zero-order chi connectivity index (χ0) is 11.3. The molecule has 1 aromatic rings. The Morgan fingerprint density at radius 3 is 2.80 bits per heavy atom. The Hall–Kier alpha value is -1.59. The summed E-state index contributed by atoms with van der Waals surface area (Å²) >= 11 is 5.78. The summed E-state index contributed by atoms with van der Waals surface area (Å²) in [5.41, 5.74) is 2.90. The Labute approximate surface area is 92.2 Å². The van der Waals surface area contributed by atoms with Crippen molar-refractivity contribution in [1.29, 1.82) is 0 Å². The quantitative estimate of drug-likeness (QED) is 0.311. The van der Waals surface area contributed by atoms with Gasteiger partial charge in [-0.05, 0) is 25.1 Å². The van der Waals surface area contributed by atoms with Gasteiger partial charge in [0.05, 0.1) is 5.69 Å². The number of benzene rings is 1. The van der Waals surface area contributed by atoms with Crippen LogP contribution in [-0.2, 0) is 0 Å². The summed E-state index contributed by atoms with van der Waals surface area (Å²) in [6.07, 6.45) is 0. The SMILES string of the molecule is C/C(=N\N)C(=Nc1cccc(Cl)c1)NO. The fourth-order valence-electron chi connectivity index (χ4n) is 0.923. The first-order valence-electron chi connectivity index (χ1n) is 4.16. The molecule has 0 aliphatic carbocycles. The third kappa shape index (κ3) is 3.23. The van der Waals surface area contributed by atoms with Crippen LogP contribution in [0.4, 0.5) is 5.69 Å². The molecule has 0 radical (unpaired) electrons. The molecule has 0 aliphatic rings. The zero-order valence-corrected chi connectivity index (χ0v) is 8.86. The van der Waals surface area contributed by atoms with Gasteiger partial charge in [0.25, 0.3) is 0 Å². The van der Waals surface area contributed by atoms with Crippen molar-refractivity contribution in [3.8, 4) is 0 Å². The topological polar surface area (TPSA) is 83.0 Å². The van der Waals surface area contributed by atoms with Crippen molar-refractivity contribution in [2.75, 3.05) is 0 Å². The van der Waals surface area contributed by atoms with Gasteiger partial charge in [0.15, 0.2) is 5.84 Å². The van der Waals surface area contributed by atoms with Gasteiger partial charge in [0.1, 0.15) is 5.71 Å². The van der Waals surface area contributed by atoms with E-state index in [0.717, 1.165) is 0 Å². The van der Waals surface area contributed by atoms with Gasteiger partial charge in [-0.2, -0.15) is 5.10 Å². The summed E-state index contributed by atoms with van der Waals surface area (Å²) in [5.74, 6) is 5.24. The van der Waals surface area contributed by atoms with E-state index in [9.17, 15) is 0 Å². The standard InChI is InChI=1S/C9H11ClN4O/c1-6(13-11)9(14-15)12-8-4-2-3-7(10)5-8/h2-5,15H,11H2,1H3,(H,12,14)/b13-6+. The van der Waals surface area contributed by atoms with Gasteiger partial charge in [-0.15, -0.1) is 0 Å². The molecule has 0 atom stereocenters. The van der Waals surface area contributed by atoms with Gasteiger partial charge < -0.3 is 5.84 Å². The average molecular weight is 227 g/mol. The lowest BCUT2D eigenvalue weighted by atomic mass is 10.3. The Bertz CT molecular complexity index is 403. The molecule has 1 rings (SSSR count). The lowest BCUT2D eigenvalue weighted by molar-refractivity contribution is 0.236. The normalized spacial score (nSPS) is 12.7. The van der Waals surface area contributed by atoms with Crippen LogP contribution in [0.15, 0.2) is 34.4 Å². The molecule has 4 N–H and O–H groups in total. The number of hydrogen-bond acceptors (Lipinski definition) is 4. The van der Waals surface area contributed by atoms with E-state index in [1.165, 1.54) is 0 Å². The van der Waals surface area contributed by atoms with Crippen LogP contribution in [0.5, 0.6) is 0 Å². The molecule has 80 valence electrons. The number of nitrogens with two attached hydrogens (primary N) is 1. The van der Waals surface area contributed by atoms with Gasteiger partial charge in [-0.3, -0.25) is 10.7 Å². The Kier molecular flexibility index (Phi) is 4.08. The second-order valence-corrected chi connectivity index (χ2v) is 3.20. The first kappa shape index (κ1) is 11.5. The van der Waals surface area contributed by atoms with Crippen molar-refractivity contribution < 1.29 is 5.21 Å². The van der Waals surface area contributed by atoms with Gasteiger partial charge in [-0.25, -0.2) is 4.99 Å². The van der Waals surface area contributed by atoms with Crippen LogP contribution < -0.4 is 11.3 Å². The highest BCUT2D eigenvalue weighted by molar-refractivity contribution is 6.40. The van der Waals surface area contributed by atoms with Crippen LogP contribution in [-0.4, -0.2) is 16.8 Å². The van der Waals surface area contributed by atoms with Crippen molar-refractivity contribution in [2.24, 2.45) is 15.9 Å². The fraction of sp³-hybridized carbons (Fsp3) is 0.111. The van der Waals surface area contributed by atoms with Gasteiger partial charge in [-0.1, -0.05) is 17.7 Å². The number of halogens is 1. The first-order chi connectivity index (χ1) is 7.17. The third-order valence-electron chi connectivity index (χ3n) is 1.69.